The first-order chi connectivity index (χ1) is 8.58. The Morgan fingerprint density at radius 3 is 2.72 bits per heavy atom. The molecule has 2 rings (SSSR count). The van der Waals surface area contributed by atoms with Gasteiger partial charge >= 0.3 is 0 Å². The molecule has 5 heteroatoms. The third kappa shape index (κ3) is 2.50. The largest absolute Gasteiger partial charge is 0.491 e. The Morgan fingerprint density at radius 1 is 1.44 bits per heavy atom. The van der Waals surface area contributed by atoms with Gasteiger partial charge < -0.3 is 4.74 Å². The molecule has 0 aliphatic heterocycles. The van der Waals surface area contributed by atoms with E-state index in [-0.39, 0.29) is 6.10 Å². The van der Waals surface area contributed by atoms with Crippen LogP contribution in [0.5, 0.6) is 5.75 Å². The van der Waals surface area contributed by atoms with Crippen LogP contribution >= 0.6 is 28.4 Å². The lowest BCUT2D eigenvalue weighted by molar-refractivity contribution is 0.241. The van der Waals surface area contributed by atoms with Crippen molar-refractivity contribution in [3.63, 3.8) is 0 Å². The van der Waals surface area contributed by atoms with Crippen molar-refractivity contribution in [2.45, 2.75) is 40.2 Å². The number of nitrogens with zero attached hydrogens (tertiary/aromatic N) is 2. The third-order valence-electron chi connectivity index (χ3n) is 2.91. The van der Waals surface area contributed by atoms with Crippen LogP contribution in [-0.2, 0) is 6.42 Å². The number of hydrogen-bond acceptors (Lipinski definition) is 2. The van der Waals surface area contributed by atoms with Crippen molar-refractivity contribution >= 4 is 39.3 Å². The van der Waals surface area contributed by atoms with Crippen LogP contribution in [0.2, 0.25) is 0 Å². The van der Waals surface area contributed by atoms with E-state index in [1.807, 2.05) is 0 Å². The first-order valence-electron chi connectivity index (χ1n) is 6.13. The zero-order valence-corrected chi connectivity index (χ0v) is 14.3. The smallest absolute Gasteiger partial charge is 0.123 e. The Hall–Kier alpha value is -0.350. The Labute approximate surface area is 123 Å². The van der Waals surface area contributed by atoms with Gasteiger partial charge in [-0.25, -0.2) is 4.45 Å². The summed E-state index contributed by atoms with van der Waals surface area (Å²) in [5, 5.41) is 5.94. The summed E-state index contributed by atoms with van der Waals surface area (Å²) in [7, 11) is 0. The van der Waals surface area contributed by atoms with Crippen LogP contribution in [0, 0.1) is 6.92 Å². The van der Waals surface area contributed by atoms with Crippen LogP contribution in [-0.4, -0.2) is 15.7 Å². The summed E-state index contributed by atoms with van der Waals surface area (Å²) in [5.74, 6) is 0.976. The maximum atomic E-state index is 5.86. The number of hydrogen-bond donors (Lipinski definition) is 0. The second kappa shape index (κ2) is 5.74. The van der Waals surface area contributed by atoms with E-state index in [4.69, 9.17) is 4.74 Å². The molecule has 1 heterocycles. The van der Waals surface area contributed by atoms with E-state index < -0.39 is 0 Å². The van der Waals surface area contributed by atoms with Crippen LogP contribution in [0.3, 0.4) is 0 Å². The highest BCUT2D eigenvalue weighted by Gasteiger charge is 2.14. The van der Waals surface area contributed by atoms with Crippen LogP contribution < -0.4 is 4.74 Å². The number of rotatable bonds is 4. The summed E-state index contributed by atoms with van der Waals surface area (Å²) < 4.78 is 7.94. The molecule has 1 unspecified atom stereocenters. The van der Waals surface area contributed by atoms with Gasteiger partial charge in [0.1, 0.15) is 5.75 Å². The maximum absolute atomic E-state index is 5.86. The Morgan fingerprint density at radius 2 is 2.17 bits per heavy atom. The fraction of sp³-hybridized carbons (Fsp3) is 0.462. The lowest BCUT2D eigenvalue weighted by atomic mass is 10.1. The lowest BCUT2D eigenvalue weighted by Crippen LogP contribution is -2.06. The molecule has 0 amide bonds. The molecular formula is C13H18IN2OP. The molecule has 0 aliphatic rings. The minimum absolute atomic E-state index is 0.202. The van der Waals surface area contributed by atoms with E-state index in [2.05, 4.69) is 71.4 Å². The van der Waals surface area contributed by atoms with Gasteiger partial charge in [0.2, 0.25) is 0 Å². The molecule has 0 N–H and O–H groups in total. The van der Waals surface area contributed by atoms with Gasteiger partial charge in [-0.3, -0.25) is 0 Å². The Kier molecular flexibility index (Phi) is 4.49. The summed E-state index contributed by atoms with van der Waals surface area (Å²) in [6, 6.07) is 4.18. The number of benzene rings is 1. The average molecular weight is 376 g/mol. The van der Waals surface area contributed by atoms with Crippen molar-refractivity contribution in [3.8, 4) is 5.75 Å². The first-order valence-corrected chi connectivity index (χ1v) is 10.2. The number of fused-ring (bicyclic) bond motifs is 1. The van der Waals surface area contributed by atoms with Crippen LogP contribution in [0.15, 0.2) is 12.1 Å². The monoisotopic (exact) mass is 376 g/mol. The van der Waals surface area contributed by atoms with Crippen molar-refractivity contribution in [1.29, 1.82) is 0 Å². The number of halogens is 1. The van der Waals surface area contributed by atoms with Crippen molar-refractivity contribution in [3.05, 3.63) is 23.4 Å². The van der Waals surface area contributed by atoms with E-state index in [1.165, 1.54) is 22.2 Å². The van der Waals surface area contributed by atoms with Crippen molar-refractivity contribution in [2.24, 2.45) is 0 Å². The quantitative estimate of drug-likeness (QED) is 0.581. The predicted octanol–water partition coefficient (Wildman–Crippen LogP) is 4.49. The van der Waals surface area contributed by atoms with E-state index in [0.29, 0.717) is 6.37 Å². The first kappa shape index (κ1) is 14.1. The number of aryl methyl sites for hydroxylation is 2. The highest BCUT2D eigenvalue weighted by molar-refractivity contribution is 14.2. The SMILES string of the molecule is CCc1nn(PI)c2ccc(OC(C)C)c(C)c12. The fourth-order valence-corrected chi connectivity index (χ4v) is 3.68. The summed E-state index contributed by atoms with van der Waals surface area (Å²) in [6.45, 7) is 8.39. The molecule has 0 saturated heterocycles. The molecular weight excluding hydrogens is 358 g/mol. The van der Waals surface area contributed by atoms with Crippen molar-refractivity contribution in [1.82, 2.24) is 9.55 Å². The van der Waals surface area contributed by atoms with Gasteiger partial charge in [-0.15, -0.1) is 0 Å². The molecule has 0 aliphatic carbocycles. The summed E-state index contributed by atoms with van der Waals surface area (Å²) in [5.41, 5.74) is 3.59. The molecule has 2 aromatic rings. The van der Waals surface area contributed by atoms with Crippen molar-refractivity contribution in [2.75, 3.05) is 0 Å². The molecule has 0 bridgehead atoms. The second-order valence-electron chi connectivity index (χ2n) is 4.55. The van der Waals surface area contributed by atoms with Gasteiger partial charge in [0.15, 0.2) is 0 Å². The van der Waals surface area contributed by atoms with Crippen LogP contribution in [0.4, 0.5) is 0 Å². The Balaban J connectivity index is 2.65. The van der Waals surface area contributed by atoms with Gasteiger partial charge in [0.05, 0.1) is 23.7 Å². The molecule has 98 valence electrons. The maximum Gasteiger partial charge on any atom is 0.123 e. The number of ether oxygens (including phenoxy) is 1. The van der Waals surface area contributed by atoms with Gasteiger partial charge in [-0.05, 0) is 61.4 Å². The molecule has 1 atom stereocenters. The van der Waals surface area contributed by atoms with Crippen LogP contribution in [0.25, 0.3) is 10.9 Å². The topological polar surface area (TPSA) is 27.1 Å². The zero-order chi connectivity index (χ0) is 13.3. The van der Waals surface area contributed by atoms with E-state index in [1.54, 1.807) is 0 Å². The molecule has 0 spiro atoms. The average Bonchev–Trinajstić information content (AvgIpc) is 2.71. The van der Waals surface area contributed by atoms with Gasteiger partial charge in [0, 0.05) is 10.9 Å². The predicted molar refractivity (Wildman–Crippen MR) is 87.3 cm³/mol. The van der Waals surface area contributed by atoms with E-state index in [9.17, 15) is 0 Å². The minimum Gasteiger partial charge on any atom is -0.491 e. The van der Waals surface area contributed by atoms with Crippen LogP contribution in [0.1, 0.15) is 32.0 Å². The normalized spacial score (nSPS) is 12.1. The van der Waals surface area contributed by atoms with Crippen molar-refractivity contribution < 1.29 is 4.74 Å². The van der Waals surface area contributed by atoms with E-state index >= 15 is 0 Å². The molecule has 3 nitrogen and oxygen atoms in total. The molecule has 1 aromatic carbocycles. The summed E-state index contributed by atoms with van der Waals surface area (Å²) in [6.07, 6.45) is 1.79. The lowest BCUT2D eigenvalue weighted by Gasteiger charge is -2.13. The fourth-order valence-electron chi connectivity index (χ4n) is 2.14. The molecule has 0 fully saturated rings. The molecule has 0 saturated carbocycles. The number of aromatic nitrogens is 2. The highest BCUT2D eigenvalue weighted by Crippen LogP contribution is 2.35. The van der Waals surface area contributed by atoms with Gasteiger partial charge in [-0.2, -0.15) is 5.10 Å². The second-order valence-corrected chi connectivity index (χ2v) is 6.59. The third-order valence-corrected chi connectivity index (χ3v) is 4.78. The standard InChI is InChI=1S/C13H18IN2OP/c1-5-10-13-9(4)12(17-8(2)3)7-6-11(13)16(15-10)18-14/h6-8,18H,5H2,1-4H3. The highest BCUT2D eigenvalue weighted by atomic mass is 127. The Bertz CT molecular complexity index is 566. The molecule has 1 aromatic heterocycles. The summed E-state index contributed by atoms with van der Waals surface area (Å²) >= 11 is 2.37. The molecule has 0 radical (unpaired) electrons. The zero-order valence-electron chi connectivity index (χ0n) is 11.1. The van der Waals surface area contributed by atoms with E-state index in [0.717, 1.165) is 12.2 Å². The van der Waals surface area contributed by atoms with Gasteiger partial charge in [-0.1, -0.05) is 6.92 Å². The van der Waals surface area contributed by atoms with Gasteiger partial charge in [0.25, 0.3) is 0 Å². The molecule has 18 heavy (non-hydrogen) atoms. The summed E-state index contributed by atoms with van der Waals surface area (Å²) in [4.78, 5) is 0. The minimum atomic E-state index is 0.202.